The average Bonchev–Trinajstić information content (AvgIpc) is 2.30. The van der Waals surface area contributed by atoms with Crippen LogP contribution in [0.5, 0.6) is 0 Å². The van der Waals surface area contributed by atoms with Gasteiger partial charge < -0.3 is 10.6 Å². The molecule has 0 aromatic heterocycles. The first kappa shape index (κ1) is 18.0. The molecular formula is C18H30N2S. The van der Waals surface area contributed by atoms with Crippen LogP contribution < -0.4 is 10.6 Å². The molecular weight excluding hydrogens is 276 g/mol. The Morgan fingerprint density at radius 3 is 2.14 bits per heavy atom. The summed E-state index contributed by atoms with van der Waals surface area (Å²) in [6.45, 7) is 17.5. The van der Waals surface area contributed by atoms with Crippen LogP contribution in [0.2, 0.25) is 0 Å². The Labute approximate surface area is 135 Å². The summed E-state index contributed by atoms with van der Waals surface area (Å²) in [5, 5.41) is 7.51. The molecule has 0 spiro atoms. The predicted octanol–water partition coefficient (Wildman–Crippen LogP) is 5.08. The SMILES string of the molecule is CCC(C)(C)NC(=S)Nc1c(C)cc(C)cc1C(C)(C)C. The van der Waals surface area contributed by atoms with Crippen LogP contribution in [0.15, 0.2) is 12.1 Å². The minimum atomic E-state index is 0.00454. The fraction of sp³-hybridized carbons (Fsp3) is 0.611. The number of hydrogen-bond donors (Lipinski definition) is 2. The lowest BCUT2D eigenvalue weighted by atomic mass is 9.83. The van der Waals surface area contributed by atoms with Crippen LogP contribution in [0.4, 0.5) is 5.69 Å². The number of thiocarbonyl (C=S) groups is 1. The highest BCUT2D eigenvalue weighted by molar-refractivity contribution is 7.80. The molecule has 0 amide bonds. The summed E-state index contributed by atoms with van der Waals surface area (Å²) in [4.78, 5) is 0. The van der Waals surface area contributed by atoms with Crippen molar-refractivity contribution in [2.75, 3.05) is 5.32 Å². The average molecular weight is 307 g/mol. The molecule has 1 aromatic rings. The molecule has 0 heterocycles. The van der Waals surface area contributed by atoms with E-state index in [1.54, 1.807) is 0 Å². The molecule has 0 aliphatic heterocycles. The predicted molar refractivity (Wildman–Crippen MR) is 98.3 cm³/mol. The minimum Gasteiger partial charge on any atom is -0.358 e. The minimum absolute atomic E-state index is 0.00454. The van der Waals surface area contributed by atoms with E-state index in [9.17, 15) is 0 Å². The molecule has 0 bridgehead atoms. The number of nitrogens with one attached hydrogen (secondary N) is 2. The highest BCUT2D eigenvalue weighted by atomic mass is 32.1. The summed E-state index contributed by atoms with van der Waals surface area (Å²) < 4.78 is 0. The maximum absolute atomic E-state index is 5.50. The van der Waals surface area contributed by atoms with Crippen LogP contribution in [0.25, 0.3) is 0 Å². The van der Waals surface area contributed by atoms with Crippen molar-refractivity contribution in [2.24, 2.45) is 0 Å². The Morgan fingerprint density at radius 1 is 1.10 bits per heavy atom. The van der Waals surface area contributed by atoms with Crippen LogP contribution in [-0.4, -0.2) is 10.7 Å². The van der Waals surface area contributed by atoms with Crippen molar-refractivity contribution in [1.29, 1.82) is 0 Å². The van der Waals surface area contributed by atoms with Gasteiger partial charge in [0, 0.05) is 11.2 Å². The van der Waals surface area contributed by atoms with E-state index >= 15 is 0 Å². The van der Waals surface area contributed by atoms with Crippen molar-refractivity contribution in [3.63, 3.8) is 0 Å². The van der Waals surface area contributed by atoms with Crippen LogP contribution in [-0.2, 0) is 5.41 Å². The highest BCUT2D eigenvalue weighted by Gasteiger charge is 2.22. The Kier molecular flexibility index (Phi) is 5.43. The monoisotopic (exact) mass is 306 g/mol. The second kappa shape index (κ2) is 6.35. The molecule has 0 aliphatic carbocycles. The van der Waals surface area contributed by atoms with Gasteiger partial charge in [-0.25, -0.2) is 0 Å². The molecule has 0 atom stereocenters. The molecule has 0 fully saturated rings. The zero-order valence-corrected chi connectivity index (χ0v) is 15.6. The second-order valence-corrected chi connectivity index (χ2v) is 7.98. The van der Waals surface area contributed by atoms with E-state index in [2.05, 4.69) is 78.2 Å². The van der Waals surface area contributed by atoms with E-state index in [1.807, 2.05) is 0 Å². The fourth-order valence-corrected chi connectivity index (χ4v) is 2.64. The molecule has 21 heavy (non-hydrogen) atoms. The zero-order chi connectivity index (χ0) is 16.4. The standard InChI is InChI=1S/C18H30N2S/c1-9-18(7,8)20-16(21)19-15-13(3)10-12(2)11-14(15)17(4,5)6/h10-11H,9H2,1-8H3,(H2,19,20,21). The third-order valence-corrected chi connectivity index (χ3v) is 4.07. The maximum atomic E-state index is 5.50. The van der Waals surface area contributed by atoms with Crippen LogP contribution in [0, 0.1) is 13.8 Å². The molecule has 3 heteroatoms. The number of rotatable bonds is 3. The summed E-state index contributed by atoms with van der Waals surface area (Å²) in [6.07, 6.45) is 1.02. The lowest BCUT2D eigenvalue weighted by molar-refractivity contribution is 0.447. The van der Waals surface area contributed by atoms with Crippen molar-refractivity contribution >= 4 is 23.0 Å². The first-order valence-electron chi connectivity index (χ1n) is 7.67. The fourth-order valence-electron chi connectivity index (χ4n) is 2.27. The summed E-state index contributed by atoms with van der Waals surface area (Å²) >= 11 is 5.50. The Morgan fingerprint density at radius 2 is 1.67 bits per heavy atom. The Balaban J connectivity index is 3.11. The van der Waals surface area contributed by atoms with Gasteiger partial charge in [-0.3, -0.25) is 0 Å². The van der Waals surface area contributed by atoms with Crippen molar-refractivity contribution in [1.82, 2.24) is 5.32 Å². The number of aryl methyl sites for hydroxylation is 2. The lowest BCUT2D eigenvalue weighted by Crippen LogP contribution is -2.45. The van der Waals surface area contributed by atoms with E-state index < -0.39 is 0 Å². The molecule has 0 saturated heterocycles. The Bertz CT molecular complexity index is 525. The van der Waals surface area contributed by atoms with Crippen LogP contribution in [0.3, 0.4) is 0 Å². The van der Waals surface area contributed by atoms with Gasteiger partial charge in [-0.15, -0.1) is 0 Å². The molecule has 0 aliphatic rings. The van der Waals surface area contributed by atoms with Gasteiger partial charge in [0.2, 0.25) is 0 Å². The van der Waals surface area contributed by atoms with Gasteiger partial charge in [0.15, 0.2) is 5.11 Å². The normalized spacial score (nSPS) is 12.2. The summed E-state index contributed by atoms with van der Waals surface area (Å²) in [6, 6.07) is 4.45. The zero-order valence-electron chi connectivity index (χ0n) is 14.8. The van der Waals surface area contributed by atoms with Gasteiger partial charge in [-0.1, -0.05) is 45.4 Å². The van der Waals surface area contributed by atoms with E-state index in [4.69, 9.17) is 12.2 Å². The van der Waals surface area contributed by atoms with Crippen LogP contribution in [0.1, 0.15) is 64.7 Å². The number of benzene rings is 1. The van der Waals surface area contributed by atoms with Crippen molar-refractivity contribution in [3.8, 4) is 0 Å². The largest absolute Gasteiger partial charge is 0.358 e. The maximum Gasteiger partial charge on any atom is 0.171 e. The molecule has 1 aromatic carbocycles. The van der Waals surface area contributed by atoms with Gasteiger partial charge in [0.05, 0.1) is 0 Å². The molecule has 0 saturated carbocycles. The summed E-state index contributed by atoms with van der Waals surface area (Å²) in [7, 11) is 0. The smallest absolute Gasteiger partial charge is 0.171 e. The summed E-state index contributed by atoms with van der Waals surface area (Å²) in [5.41, 5.74) is 5.05. The number of hydrogen-bond acceptors (Lipinski definition) is 1. The van der Waals surface area contributed by atoms with Gasteiger partial charge in [-0.2, -0.15) is 0 Å². The number of anilines is 1. The van der Waals surface area contributed by atoms with Gasteiger partial charge in [-0.05, 0) is 62.9 Å². The van der Waals surface area contributed by atoms with Gasteiger partial charge in [0.1, 0.15) is 0 Å². The lowest BCUT2D eigenvalue weighted by Gasteiger charge is -2.29. The topological polar surface area (TPSA) is 24.1 Å². The summed E-state index contributed by atoms with van der Waals surface area (Å²) in [5.74, 6) is 0. The van der Waals surface area contributed by atoms with Crippen molar-refractivity contribution in [2.45, 2.75) is 72.8 Å². The molecule has 1 rings (SSSR count). The first-order chi connectivity index (χ1) is 9.46. The van der Waals surface area contributed by atoms with E-state index in [0.717, 1.165) is 12.1 Å². The van der Waals surface area contributed by atoms with E-state index in [-0.39, 0.29) is 11.0 Å². The molecule has 118 valence electrons. The van der Waals surface area contributed by atoms with Crippen molar-refractivity contribution < 1.29 is 0 Å². The third-order valence-electron chi connectivity index (χ3n) is 3.86. The van der Waals surface area contributed by atoms with Gasteiger partial charge >= 0.3 is 0 Å². The molecule has 2 nitrogen and oxygen atoms in total. The van der Waals surface area contributed by atoms with E-state index in [1.165, 1.54) is 16.7 Å². The molecule has 0 radical (unpaired) electrons. The quantitative estimate of drug-likeness (QED) is 0.762. The van der Waals surface area contributed by atoms with Crippen molar-refractivity contribution in [3.05, 3.63) is 28.8 Å². The highest BCUT2D eigenvalue weighted by Crippen LogP contribution is 2.33. The Hall–Kier alpha value is -1.09. The van der Waals surface area contributed by atoms with Gasteiger partial charge in [0.25, 0.3) is 0 Å². The van der Waals surface area contributed by atoms with E-state index in [0.29, 0.717) is 5.11 Å². The molecule has 0 unspecified atom stereocenters. The molecule has 2 N–H and O–H groups in total. The third kappa shape index (κ3) is 4.99. The van der Waals surface area contributed by atoms with Crippen LogP contribution >= 0.6 is 12.2 Å². The first-order valence-corrected chi connectivity index (χ1v) is 8.08. The second-order valence-electron chi connectivity index (χ2n) is 7.57.